The van der Waals surface area contributed by atoms with Crippen LogP contribution < -0.4 is 5.73 Å². The van der Waals surface area contributed by atoms with Gasteiger partial charge in [-0.15, -0.1) is 10.2 Å². The first-order chi connectivity index (χ1) is 6.75. The molecule has 6 heteroatoms. The van der Waals surface area contributed by atoms with Crippen LogP contribution in [0.5, 0.6) is 0 Å². The number of imidazole rings is 1. The maximum Gasteiger partial charge on any atom is 0.236 e. The van der Waals surface area contributed by atoms with Crippen molar-refractivity contribution in [2.45, 2.75) is 19.5 Å². The molecule has 2 rings (SSSR count). The summed E-state index contributed by atoms with van der Waals surface area (Å²) in [6, 6.07) is -0.223. The molecule has 1 unspecified atom stereocenters. The average Bonchev–Trinajstić information content (AvgIpc) is 2.75. The summed E-state index contributed by atoms with van der Waals surface area (Å²) in [7, 11) is 0. The monoisotopic (exact) mass is 193 g/mol. The quantitative estimate of drug-likeness (QED) is 0.759. The Morgan fingerprint density at radius 2 is 2.43 bits per heavy atom. The van der Waals surface area contributed by atoms with Crippen molar-refractivity contribution in [3.8, 4) is 0 Å². The molecule has 2 N–H and O–H groups in total. The number of aromatic nitrogens is 4. The Labute approximate surface area is 80.8 Å². The molecule has 74 valence electrons. The van der Waals surface area contributed by atoms with E-state index in [1.165, 1.54) is 0 Å². The zero-order valence-corrected chi connectivity index (χ0v) is 7.79. The molecule has 0 aromatic carbocycles. The minimum atomic E-state index is -0.223. The zero-order chi connectivity index (χ0) is 9.97. The van der Waals surface area contributed by atoms with Gasteiger partial charge >= 0.3 is 0 Å². The minimum absolute atomic E-state index is 0.223. The van der Waals surface area contributed by atoms with Gasteiger partial charge in [-0.2, -0.15) is 0 Å². The van der Waals surface area contributed by atoms with Gasteiger partial charge in [0.05, 0.1) is 12.4 Å². The van der Waals surface area contributed by atoms with Crippen LogP contribution >= 0.6 is 0 Å². The van der Waals surface area contributed by atoms with Gasteiger partial charge in [0.1, 0.15) is 6.54 Å². The second-order valence-corrected chi connectivity index (χ2v) is 3.06. The molecule has 0 aliphatic carbocycles. The van der Waals surface area contributed by atoms with E-state index in [4.69, 9.17) is 10.2 Å². The van der Waals surface area contributed by atoms with Crippen molar-refractivity contribution >= 4 is 0 Å². The molecule has 2 aromatic rings. The molecule has 0 saturated carbocycles. The summed E-state index contributed by atoms with van der Waals surface area (Å²) in [4.78, 5) is 3.91. The molecular formula is C8H11N5O. The van der Waals surface area contributed by atoms with Crippen molar-refractivity contribution in [2.24, 2.45) is 5.73 Å². The van der Waals surface area contributed by atoms with E-state index in [1.54, 1.807) is 19.4 Å². The predicted molar refractivity (Wildman–Crippen MR) is 48.2 cm³/mol. The summed E-state index contributed by atoms with van der Waals surface area (Å²) in [6.45, 7) is 2.33. The van der Waals surface area contributed by atoms with Crippen molar-refractivity contribution in [1.29, 1.82) is 0 Å². The Bertz CT molecular complexity index is 392. The lowest BCUT2D eigenvalue weighted by Crippen LogP contribution is -2.04. The number of nitrogens with two attached hydrogens (primary N) is 1. The molecule has 0 bridgehead atoms. The third-order valence-electron chi connectivity index (χ3n) is 1.75. The van der Waals surface area contributed by atoms with Crippen molar-refractivity contribution in [2.75, 3.05) is 0 Å². The lowest BCUT2D eigenvalue weighted by atomic mass is 10.4. The van der Waals surface area contributed by atoms with Crippen molar-refractivity contribution < 1.29 is 4.42 Å². The van der Waals surface area contributed by atoms with E-state index in [2.05, 4.69) is 15.2 Å². The van der Waals surface area contributed by atoms with Gasteiger partial charge in [0.2, 0.25) is 11.8 Å². The molecule has 0 aliphatic rings. The van der Waals surface area contributed by atoms with Crippen LogP contribution in [-0.4, -0.2) is 19.7 Å². The van der Waals surface area contributed by atoms with E-state index in [1.807, 2.05) is 10.8 Å². The molecule has 1 atom stereocenters. The Hall–Kier alpha value is -1.69. The Morgan fingerprint density at radius 3 is 3.00 bits per heavy atom. The highest BCUT2D eigenvalue weighted by Crippen LogP contribution is 2.08. The fourth-order valence-corrected chi connectivity index (χ4v) is 1.05. The van der Waals surface area contributed by atoms with Gasteiger partial charge < -0.3 is 14.7 Å². The fourth-order valence-electron chi connectivity index (χ4n) is 1.05. The lowest BCUT2D eigenvalue weighted by Gasteiger charge is -1.96. The third-order valence-corrected chi connectivity index (χ3v) is 1.75. The van der Waals surface area contributed by atoms with Crippen LogP contribution in [0.4, 0.5) is 0 Å². The molecule has 14 heavy (non-hydrogen) atoms. The van der Waals surface area contributed by atoms with Crippen LogP contribution in [-0.2, 0) is 6.54 Å². The first kappa shape index (κ1) is 8.89. The molecule has 0 amide bonds. The summed E-state index contributed by atoms with van der Waals surface area (Å²) in [5.74, 6) is 0.996. The summed E-state index contributed by atoms with van der Waals surface area (Å²) in [5.41, 5.74) is 5.59. The fraction of sp³-hybridized carbons (Fsp3) is 0.375. The number of rotatable bonds is 3. The largest absolute Gasteiger partial charge is 0.422 e. The van der Waals surface area contributed by atoms with Crippen molar-refractivity contribution in [1.82, 2.24) is 19.7 Å². The van der Waals surface area contributed by atoms with Crippen molar-refractivity contribution in [3.63, 3.8) is 0 Å². The van der Waals surface area contributed by atoms with Crippen LogP contribution in [0, 0.1) is 0 Å². The minimum Gasteiger partial charge on any atom is -0.422 e. The second-order valence-electron chi connectivity index (χ2n) is 3.06. The Morgan fingerprint density at radius 1 is 1.57 bits per heavy atom. The molecule has 6 nitrogen and oxygen atoms in total. The summed E-state index contributed by atoms with van der Waals surface area (Å²) < 4.78 is 7.17. The van der Waals surface area contributed by atoms with E-state index < -0.39 is 0 Å². The molecule has 0 aliphatic heterocycles. The van der Waals surface area contributed by atoms with E-state index in [-0.39, 0.29) is 6.04 Å². The predicted octanol–water partition coefficient (Wildman–Crippen LogP) is 0.334. The van der Waals surface area contributed by atoms with Crippen molar-refractivity contribution in [3.05, 3.63) is 30.5 Å². The van der Waals surface area contributed by atoms with E-state index in [0.29, 0.717) is 18.3 Å². The van der Waals surface area contributed by atoms with Crippen LogP contribution in [0.3, 0.4) is 0 Å². The van der Waals surface area contributed by atoms with Crippen LogP contribution in [0.25, 0.3) is 0 Å². The standard InChI is InChI=1S/C8H11N5O/c1-6(9)8-12-11-7(14-8)4-13-3-2-10-5-13/h2-3,5-6H,4,9H2,1H3. The smallest absolute Gasteiger partial charge is 0.236 e. The van der Waals surface area contributed by atoms with Crippen LogP contribution in [0.2, 0.25) is 0 Å². The zero-order valence-electron chi connectivity index (χ0n) is 7.79. The Balaban J connectivity index is 2.11. The van der Waals surface area contributed by atoms with Crippen LogP contribution in [0.15, 0.2) is 23.1 Å². The maximum absolute atomic E-state index is 5.59. The second kappa shape index (κ2) is 3.59. The van der Waals surface area contributed by atoms with Gasteiger partial charge in [-0.1, -0.05) is 0 Å². The molecule has 2 heterocycles. The molecule has 0 radical (unpaired) electrons. The molecule has 0 fully saturated rings. The van der Waals surface area contributed by atoms with Crippen LogP contribution in [0.1, 0.15) is 24.7 Å². The summed E-state index contributed by atoms with van der Waals surface area (Å²) >= 11 is 0. The maximum atomic E-state index is 5.59. The lowest BCUT2D eigenvalue weighted by molar-refractivity contribution is 0.418. The Kier molecular flexibility index (Phi) is 2.28. The highest BCUT2D eigenvalue weighted by Gasteiger charge is 2.09. The topological polar surface area (TPSA) is 82.8 Å². The molecule has 0 spiro atoms. The first-order valence-electron chi connectivity index (χ1n) is 4.29. The van der Waals surface area contributed by atoms with Gasteiger partial charge in [-0.25, -0.2) is 4.98 Å². The van der Waals surface area contributed by atoms with E-state index in [0.717, 1.165) is 0 Å². The average molecular weight is 193 g/mol. The highest BCUT2D eigenvalue weighted by molar-refractivity contribution is 4.88. The van der Waals surface area contributed by atoms with Gasteiger partial charge in [0.15, 0.2) is 0 Å². The molecule has 0 saturated heterocycles. The molecular weight excluding hydrogens is 182 g/mol. The third kappa shape index (κ3) is 1.80. The normalized spacial score (nSPS) is 13.0. The number of hydrogen-bond acceptors (Lipinski definition) is 5. The van der Waals surface area contributed by atoms with Gasteiger partial charge in [-0.3, -0.25) is 0 Å². The van der Waals surface area contributed by atoms with E-state index in [9.17, 15) is 0 Å². The van der Waals surface area contributed by atoms with E-state index >= 15 is 0 Å². The molecule has 2 aromatic heterocycles. The van der Waals surface area contributed by atoms with Gasteiger partial charge in [0.25, 0.3) is 0 Å². The SMILES string of the molecule is CC(N)c1nnc(Cn2ccnc2)o1. The van der Waals surface area contributed by atoms with Gasteiger partial charge in [-0.05, 0) is 6.92 Å². The number of hydrogen-bond donors (Lipinski definition) is 1. The first-order valence-corrected chi connectivity index (χ1v) is 4.29. The number of nitrogens with zero attached hydrogens (tertiary/aromatic N) is 4. The summed E-state index contributed by atoms with van der Waals surface area (Å²) in [6.07, 6.45) is 5.22. The summed E-state index contributed by atoms with van der Waals surface area (Å²) in [5, 5.41) is 7.69. The van der Waals surface area contributed by atoms with Gasteiger partial charge in [0, 0.05) is 12.4 Å². The highest BCUT2D eigenvalue weighted by atomic mass is 16.4.